The molecule has 0 amide bonds. The van der Waals surface area contributed by atoms with Crippen LogP contribution in [0, 0.1) is 0 Å². The summed E-state index contributed by atoms with van der Waals surface area (Å²) >= 11 is 5.48. The number of thioether (sulfide) groups is 1. The van der Waals surface area contributed by atoms with E-state index in [1.54, 1.807) is 0 Å². The number of rotatable bonds is 4. The van der Waals surface area contributed by atoms with Crippen LogP contribution < -0.4 is 5.32 Å². The molecule has 0 spiro atoms. The molecule has 1 aromatic rings. The van der Waals surface area contributed by atoms with Crippen LogP contribution in [0.3, 0.4) is 0 Å². The van der Waals surface area contributed by atoms with Gasteiger partial charge in [0.2, 0.25) is 0 Å². The second-order valence-electron chi connectivity index (χ2n) is 4.36. The van der Waals surface area contributed by atoms with Gasteiger partial charge in [0.15, 0.2) is 0 Å². The normalized spacial score (nSPS) is 23.2. The van der Waals surface area contributed by atoms with Crippen LogP contribution in [0.2, 0.25) is 0 Å². The highest BCUT2D eigenvalue weighted by molar-refractivity contribution is 9.10. The fourth-order valence-electron chi connectivity index (χ4n) is 2.05. The molecule has 2 rings (SSSR count). The van der Waals surface area contributed by atoms with Gasteiger partial charge in [-0.1, -0.05) is 0 Å². The third-order valence-corrected chi connectivity index (χ3v) is 4.37. The summed E-state index contributed by atoms with van der Waals surface area (Å²) in [6, 6.07) is 1.17. The van der Waals surface area contributed by atoms with Crippen molar-refractivity contribution in [1.29, 1.82) is 0 Å². The fraction of sp³-hybridized carbons (Fsp3) is 0.727. The molecule has 1 N–H and O–H groups in total. The molecule has 2 heterocycles. The number of aromatic nitrogens is 2. The summed E-state index contributed by atoms with van der Waals surface area (Å²) in [5, 5.41) is 7.95. The van der Waals surface area contributed by atoms with Crippen molar-refractivity contribution in [1.82, 2.24) is 15.1 Å². The van der Waals surface area contributed by atoms with Gasteiger partial charge >= 0.3 is 0 Å². The Balaban J connectivity index is 1.77. The van der Waals surface area contributed by atoms with Crippen LogP contribution in [-0.4, -0.2) is 33.4 Å². The van der Waals surface area contributed by atoms with E-state index >= 15 is 0 Å². The molecule has 0 bridgehead atoms. The summed E-state index contributed by atoms with van der Waals surface area (Å²) < 4.78 is 3.03. The lowest BCUT2D eigenvalue weighted by Gasteiger charge is -2.26. The standard InChI is InChI=1S/C11H18BrN3S/c1-9(6-15-7-10(12)5-13-15)14-11-3-2-4-16-8-11/h5,7,9,11,14H,2-4,6,8H2,1H3. The minimum absolute atomic E-state index is 0.482. The number of nitrogens with one attached hydrogen (secondary N) is 1. The quantitative estimate of drug-likeness (QED) is 0.927. The maximum Gasteiger partial charge on any atom is 0.0632 e. The van der Waals surface area contributed by atoms with Crippen LogP contribution in [0.15, 0.2) is 16.9 Å². The average molecular weight is 304 g/mol. The Hall–Kier alpha value is -0.0000000000000000555. The zero-order valence-electron chi connectivity index (χ0n) is 9.53. The molecule has 2 atom stereocenters. The Kier molecular flexibility index (Phi) is 4.73. The van der Waals surface area contributed by atoms with Crippen molar-refractivity contribution in [2.24, 2.45) is 0 Å². The topological polar surface area (TPSA) is 29.9 Å². The molecule has 0 aromatic carbocycles. The highest BCUT2D eigenvalue weighted by atomic mass is 79.9. The Labute approximate surface area is 109 Å². The molecule has 90 valence electrons. The highest BCUT2D eigenvalue weighted by Gasteiger charge is 2.15. The van der Waals surface area contributed by atoms with Gasteiger partial charge < -0.3 is 5.32 Å². The van der Waals surface area contributed by atoms with Gasteiger partial charge in [-0.3, -0.25) is 4.68 Å². The largest absolute Gasteiger partial charge is 0.309 e. The van der Waals surface area contributed by atoms with Gasteiger partial charge in [0.1, 0.15) is 0 Å². The Bertz CT molecular complexity index is 323. The summed E-state index contributed by atoms with van der Waals surface area (Å²) in [5.41, 5.74) is 0. The van der Waals surface area contributed by atoms with Crippen molar-refractivity contribution in [3.8, 4) is 0 Å². The Morgan fingerprint density at radius 3 is 3.25 bits per heavy atom. The van der Waals surface area contributed by atoms with Gasteiger partial charge in [-0.15, -0.1) is 0 Å². The Morgan fingerprint density at radius 2 is 2.62 bits per heavy atom. The van der Waals surface area contributed by atoms with Crippen LogP contribution >= 0.6 is 27.7 Å². The number of hydrogen-bond acceptors (Lipinski definition) is 3. The lowest BCUT2D eigenvalue weighted by molar-refractivity contribution is 0.393. The number of hydrogen-bond donors (Lipinski definition) is 1. The van der Waals surface area contributed by atoms with E-state index in [4.69, 9.17) is 0 Å². The predicted octanol–water partition coefficient (Wildman–Crippen LogP) is 2.52. The van der Waals surface area contributed by atoms with Crippen molar-refractivity contribution in [2.45, 2.75) is 38.4 Å². The smallest absolute Gasteiger partial charge is 0.0632 e. The van der Waals surface area contributed by atoms with E-state index in [9.17, 15) is 0 Å². The van der Waals surface area contributed by atoms with Gasteiger partial charge in [-0.2, -0.15) is 16.9 Å². The van der Waals surface area contributed by atoms with E-state index < -0.39 is 0 Å². The zero-order chi connectivity index (χ0) is 11.4. The molecule has 2 unspecified atom stereocenters. The van der Waals surface area contributed by atoms with E-state index in [1.165, 1.54) is 24.3 Å². The summed E-state index contributed by atoms with van der Waals surface area (Å²) in [6.07, 6.45) is 6.53. The van der Waals surface area contributed by atoms with Crippen molar-refractivity contribution < 1.29 is 0 Å². The first kappa shape index (κ1) is 12.5. The molecule has 1 aromatic heterocycles. The maximum atomic E-state index is 4.27. The summed E-state index contributed by atoms with van der Waals surface area (Å²) in [6.45, 7) is 3.17. The van der Waals surface area contributed by atoms with E-state index in [2.05, 4.69) is 45.0 Å². The fourth-order valence-corrected chi connectivity index (χ4v) is 3.46. The molecule has 1 aliphatic heterocycles. The van der Waals surface area contributed by atoms with Gasteiger partial charge in [0, 0.05) is 24.0 Å². The van der Waals surface area contributed by atoms with Gasteiger partial charge in [0.05, 0.1) is 17.2 Å². The molecule has 0 aliphatic carbocycles. The lowest BCUT2D eigenvalue weighted by Crippen LogP contribution is -2.41. The molecule has 3 nitrogen and oxygen atoms in total. The predicted molar refractivity (Wildman–Crippen MR) is 72.9 cm³/mol. The second kappa shape index (κ2) is 6.07. The number of nitrogens with zero attached hydrogens (tertiary/aromatic N) is 2. The minimum atomic E-state index is 0.482. The molecule has 1 fully saturated rings. The molecule has 16 heavy (non-hydrogen) atoms. The third-order valence-electron chi connectivity index (χ3n) is 2.74. The van der Waals surface area contributed by atoms with Crippen LogP contribution in [0.4, 0.5) is 0 Å². The van der Waals surface area contributed by atoms with Gasteiger partial charge in [0.25, 0.3) is 0 Å². The highest BCUT2D eigenvalue weighted by Crippen LogP contribution is 2.17. The molecular weight excluding hydrogens is 286 g/mol. The lowest BCUT2D eigenvalue weighted by atomic mass is 10.1. The first-order chi connectivity index (χ1) is 7.74. The summed E-state index contributed by atoms with van der Waals surface area (Å²) in [5.74, 6) is 2.59. The first-order valence-corrected chi connectivity index (χ1v) is 7.70. The molecule has 1 saturated heterocycles. The second-order valence-corrected chi connectivity index (χ2v) is 6.43. The van der Waals surface area contributed by atoms with Crippen LogP contribution in [-0.2, 0) is 6.54 Å². The monoisotopic (exact) mass is 303 g/mol. The zero-order valence-corrected chi connectivity index (χ0v) is 11.9. The molecule has 5 heteroatoms. The molecule has 0 radical (unpaired) electrons. The SMILES string of the molecule is CC(Cn1cc(Br)cn1)NC1CCCSC1. The van der Waals surface area contributed by atoms with Crippen molar-refractivity contribution in [3.63, 3.8) is 0 Å². The molecule has 1 aliphatic rings. The van der Waals surface area contributed by atoms with Crippen LogP contribution in [0.5, 0.6) is 0 Å². The van der Waals surface area contributed by atoms with E-state index in [1.807, 2.05) is 17.1 Å². The molecule has 0 saturated carbocycles. The average Bonchev–Trinajstić information content (AvgIpc) is 2.65. The van der Waals surface area contributed by atoms with Crippen LogP contribution in [0.1, 0.15) is 19.8 Å². The first-order valence-electron chi connectivity index (χ1n) is 5.76. The molecular formula is C11H18BrN3S. The Morgan fingerprint density at radius 1 is 1.75 bits per heavy atom. The van der Waals surface area contributed by atoms with Crippen molar-refractivity contribution >= 4 is 27.7 Å². The minimum Gasteiger partial charge on any atom is -0.309 e. The van der Waals surface area contributed by atoms with E-state index in [0.29, 0.717) is 12.1 Å². The summed E-state index contributed by atoms with van der Waals surface area (Å²) in [4.78, 5) is 0. The number of halogens is 1. The van der Waals surface area contributed by atoms with Crippen molar-refractivity contribution in [2.75, 3.05) is 11.5 Å². The third kappa shape index (κ3) is 3.79. The van der Waals surface area contributed by atoms with E-state index in [0.717, 1.165) is 11.0 Å². The van der Waals surface area contributed by atoms with Gasteiger partial charge in [-0.05, 0) is 41.4 Å². The van der Waals surface area contributed by atoms with Crippen LogP contribution in [0.25, 0.3) is 0 Å². The summed E-state index contributed by atoms with van der Waals surface area (Å²) in [7, 11) is 0. The van der Waals surface area contributed by atoms with Gasteiger partial charge in [-0.25, -0.2) is 0 Å². The van der Waals surface area contributed by atoms with E-state index in [-0.39, 0.29) is 0 Å². The van der Waals surface area contributed by atoms with Crippen molar-refractivity contribution in [3.05, 3.63) is 16.9 Å². The maximum absolute atomic E-state index is 4.27.